The summed E-state index contributed by atoms with van der Waals surface area (Å²) in [6.07, 6.45) is 4.63. The number of para-hydroxylation sites is 1. The van der Waals surface area contributed by atoms with Crippen LogP contribution in [0.3, 0.4) is 0 Å². The molecule has 0 spiro atoms. The number of aromatic amines is 1. The maximum absolute atomic E-state index is 6.18. The SMILES string of the molecule is Cc1[nH]c2c(C)cccc2c1CCC1(N)CC1. The van der Waals surface area contributed by atoms with Gasteiger partial charge >= 0.3 is 0 Å². The van der Waals surface area contributed by atoms with Crippen LogP contribution in [-0.2, 0) is 6.42 Å². The lowest BCUT2D eigenvalue weighted by molar-refractivity contribution is 0.609. The molecule has 0 unspecified atom stereocenters. The van der Waals surface area contributed by atoms with E-state index in [1.54, 1.807) is 0 Å². The summed E-state index contributed by atoms with van der Waals surface area (Å²) in [4.78, 5) is 3.51. The van der Waals surface area contributed by atoms with Crippen LogP contribution in [-0.4, -0.2) is 10.5 Å². The molecule has 0 radical (unpaired) electrons. The van der Waals surface area contributed by atoms with Crippen LogP contribution in [0.4, 0.5) is 0 Å². The molecule has 1 fully saturated rings. The number of H-pyrrole nitrogens is 1. The molecule has 0 atom stereocenters. The lowest BCUT2D eigenvalue weighted by Gasteiger charge is -2.08. The van der Waals surface area contributed by atoms with Crippen molar-refractivity contribution in [3.63, 3.8) is 0 Å². The Balaban J connectivity index is 1.97. The summed E-state index contributed by atoms with van der Waals surface area (Å²) >= 11 is 0. The van der Waals surface area contributed by atoms with Crippen molar-refractivity contribution in [1.82, 2.24) is 4.98 Å². The van der Waals surface area contributed by atoms with Gasteiger partial charge in [0.15, 0.2) is 0 Å². The first-order valence-corrected chi connectivity index (χ1v) is 6.45. The molecule has 0 bridgehead atoms. The molecule has 2 heteroatoms. The molecule has 1 aromatic carbocycles. The summed E-state index contributed by atoms with van der Waals surface area (Å²) in [5, 5.41) is 1.38. The molecule has 0 amide bonds. The van der Waals surface area contributed by atoms with E-state index in [2.05, 4.69) is 37.0 Å². The van der Waals surface area contributed by atoms with E-state index in [9.17, 15) is 0 Å². The molecule has 0 aliphatic heterocycles. The number of benzene rings is 1. The second-order valence-corrected chi connectivity index (χ2v) is 5.59. The Morgan fingerprint density at radius 3 is 2.76 bits per heavy atom. The standard InChI is InChI=1S/C15H20N2/c1-10-4-3-5-13-12(11(2)17-14(10)13)6-7-15(16)8-9-15/h3-5,17H,6-9,16H2,1-2H3. The van der Waals surface area contributed by atoms with Crippen LogP contribution in [0.5, 0.6) is 0 Å². The van der Waals surface area contributed by atoms with Crippen molar-refractivity contribution in [2.45, 2.75) is 45.1 Å². The van der Waals surface area contributed by atoms with Crippen molar-refractivity contribution in [2.75, 3.05) is 0 Å². The predicted molar refractivity (Wildman–Crippen MR) is 72.2 cm³/mol. The van der Waals surface area contributed by atoms with Crippen LogP contribution < -0.4 is 5.73 Å². The lowest BCUT2D eigenvalue weighted by Crippen LogP contribution is -2.22. The first-order chi connectivity index (χ1) is 8.09. The number of rotatable bonds is 3. The summed E-state index contributed by atoms with van der Waals surface area (Å²) in [6, 6.07) is 6.52. The molecule has 2 nitrogen and oxygen atoms in total. The minimum absolute atomic E-state index is 0.153. The predicted octanol–water partition coefficient (Wildman–Crippen LogP) is 3.21. The molecule has 1 heterocycles. The summed E-state index contributed by atoms with van der Waals surface area (Å²) < 4.78 is 0. The van der Waals surface area contributed by atoms with Gasteiger partial charge in [-0.15, -0.1) is 0 Å². The van der Waals surface area contributed by atoms with Gasteiger partial charge in [0.25, 0.3) is 0 Å². The third-order valence-corrected chi connectivity index (χ3v) is 4.13. The largest absolute Gasteiger partial charge is 0.358 e. The quantitative estimate of drug-likeness (QED) is 0.832. The fraction of sp³-hybridized carbons (Fsp3) is 0.467. The van der Waals surface area contributed by atoms with Gasteiger partial charge in [-0.25, -0.2) is 0 Å². The normalized spacial score (nSPS) is 17.6. The molecule has 17 heavy (non-hydrogen) atoms. The second kappa shape index (κ2) is 3.61. The van der Waals surface area contributed by atoms with E-state index in [1.807, 2.05) is 0 Å². The monoisotopic (exact) mass is 228 g/mol. The van der Waals surface area contributed by atoms with Crippen LogP contribution in [0.25, 0.3) is 10.9 Å². The van der Waals surface area contributed by atoms with Gasteiger partial charge in [0.05, 0.1) is 0 Å². The van der Waals surface area contributed by atoms with E-state index in [0.29, 0.717) is 0 Å². The maximum atomic E-state index is 6.18. The third kappa shape index (κ3) is 1.87. The van der Waals surface area contributed by atoms with E-state index >= 15 is 0 Å². The van der Waals surface area contributed by atoms with Gasteiger partial charge in [0.2, 0.25) is 0 Å². The number of hydrogen-bond acceptors (Lipinski definition) is 1. The van der Waals surface area contributed by atoms with E-state index in [0.717, 1.165) is 12.8 Å². The van der Waals surface area contributed by atoms with Crippen LogP contribution >= 0.6 is 0 Å². The van der Waals surface area contributed by atoms with Gasteiger partial charge < -0.3 is 10.7 Å². The van der Waals surface area contributed by atoms with Crippen molar-refractivity contribution in [3.05, 3.63) is 35.0 Å². The molecule has 2 aromatic rings. The third-order valence-electron chi connectivity index (χ3n) is 4.13. The van der Waals surface area contributed by atoms with Crippen LogP contribution in [0.15, 0.2) is 18.2 Å². The number of hydrogen-bond donors (Lipinski definition) is 2. The molecular formula is C15H20N2. The summed E-state index contributed by atoms with van der Waals surface area (Å²) in [5.74, 6) is 0. The van der Waals surface area contributed by atoms with Crippen molar-refractivity contribution in [2.24, 2.45) is 5.73 Å². The van der Waals surface area contributed by atoms with Gasteiger partial charge in [0.1, 0.15) is 0 Å². The first kappa shape index (κ1) is 10.8. The Kier molecular flexibility index (Phi) is 2.30. The van der Waals surface area contributed by atoms with Crippen molar-refractivity contribution in [1.29, 1.82) is 0 Å². The number of fused-ring (bicyclic) bond motifs is 1. The summed E-state index contributed by atoms with van der Waals surface area (Å²) in [5.41, 5.74) is 11.7. The van der Waals surface area contributed by atoms with Crippen LogP contribution in [0, 0.1) is 13.8 Å². The van der Waals surface area contributed by atoms with Crippen LogP contribution in [0.1, 0.15) is 36.1 Å². The lowest BCUT2D eigenvalue weighted by atomic mass is 10.0. The molecule has 1 aromatic heterocycles. The Morgan fingerprint density at radius 1 is 1.29 bits per heavy atom. The van der Waals surface area contributed by atoms with Crippen molar-refractivity contribution < 1.29 is 0 Å². The number of aromatic nitrogens is 1. The minimum atomic E-state index is 0.153. The average molecular weight is 228 g/mol. The topological polar surface area (TPSA) is 41.8 Å². The Hall–Kier alpha value is -1.28. The zero-order valence-corrected chi connectivity index (χ0v) is 10.6. The van der Waals surface area contributed by atoms with Gasteiger partial charge in [-0.2, -0.15) is 0 Å². The summed E-state index contributed by atoms with van der Waals surface area (Å²) in [6.45, 7) is 4.33. The zero-order valence-electron chi connectivity index (χ0n) is 10.6. The van der Waals surface area contributed by atoms with Crippen molar-refractivity contribution in [3.8, 4) is 0 Å². The van der Waals surface area contributed by atoms with E-state index in [1.165, 1.54) is 40.6 Å². The number of aryl methyl sites for hydroxylation is 3. The van der Waals surface area contributed by atoms with Gasteiger partial charge in [-0.1, -0.05) is 18.2 Å². The molecule has 3 N–H and O–H groups in total. The average Bonchev–Trinajstić information content (AvgIpc) is 2.92. The van der Waals surface area contributed by atoms with Crippen molar-refractivity contribution >= 4 is 10.9 Å². The smallest absolute Gasteiger partial charge is 0.0488 e. The highest BCUT2D eigenvalue weighted by atomic mass is 14.8. The van der Waals surface area contributed by atoms with Gasteiger partial charge in [-0.3, -0.25) is 0 Å². The Labute approximate surface area is 102 Å². The fourth-order valence-electron chi connectivity index (χ4n) is 2.66. The van der Waals surface area contributed by atoms with Gasteiger partial charge in [-0.05, 0) is 50.7 Å². The molecule has 1 aliphatic rings. The minimum Gasteiger partial charge on any atom is -0.358 e. The highest BCUT2D eigenvalue weighted by molar-refractivity contribution is 5.87. The zero-order chi connectivity index (χ0) is 12.0. The fourth-order valence-corrected chi connectivity index (χ4v) is 2.66. The molecule has 3 rings (SSSR count). The molecule has 0 saturated heterocycles. The van der Waals surface area contributed by atoms with E-state index in [-0.39, 0.29) is 5.54 Å². The molecule has 1 aliphatic carbocycles. The van der Waals surface area contributed by atoms with E-state index in [4.69, 9.17) is 5.73 Å². The highest BCUT2D eigenvalue weighted by Crippen LogP contribution is 2.37. The molecule has 1 saturated carbocycles. The maximum Gasteiger partial charge on any atom is 0.0488 e. The Morgan fingerprint density at radius 2 is 2.06 bits per heavy atom. The first-order valence-electron chi connectivity index (χ1n) is 6.45. The number of nitrogens with two attached hydrogens (primary N) is 1. The van der Waals surface area contributed by atoms with Gasteiger partial charge in [0, 0.05) is 22.1 Å². The second-order valence-electron chi connectivity index (χ2n) is 5.59. The number of nitrogens with one attached hydrogen (secondary N) is 1. The summed E-state index contributed by atoms with van der Waals surface area (Å²) in [7, 11) is 0. The van der Waals surface area contributed by atoms with Crippen LogP contribution in [0.2, 0.25) is 0 Å². The molecular weight excluding hydrogens is 208 g/mol. The highest BCUT2D eigenvalue weighted by Gasteiger charge is 2.37. The molecule has 90 valence electrons. The van der Waals surface area contributed by atoms with E-state index < -0.39 is 0 Å². The Bertz CT molecular complexity index is 562.